The Morgan fingerprint density at radius 3 is 2.38 bits per heavy atom. The quantitative estimate of drug-likeness (QED) is 0.841. The SMILES string of the molecule is N#Cc1ccccc1S(=O)(=O)N1CCN(Cc2ccncc2)CC1. The Morgan fingerprint density at radius 2 is 1.71 bits per heavy atom. The van der Waals surface area contributed by atoms with Crippen LogP contribution >= 0.6 is 0 Å². The van der Waals surface area contributed by atoms with Gasteiger partial charge >= 0.3 is 0 Å². The van der Waals surface area contributed by atoms with E-state index in [1.807, 2.05) is 18.2 Å². The van der Waals surface area contributed by atoms with Crippen molar-refractivity contribution in [2.45, 2.75) is 11.4 Å². The highest BCUT2D eigenvalue weighted by Gasteiger charge is 2.30. The van der Waals surface area contributed by atoms with Crippen LogP contribution in [0.15, 0.2) is 53.7 Å². The molecule has 24 heavy (non-hydrogen) atoms. The molecule has 0 saturated carbocycles. The highest BCUT2D eigenvalue weighted by molar-refractivity contribution is 7.89. The zero-order valence-electron chi connectivity index (χ0n) is 13.2. The summed E-state index contributed by atoms with van der Waals surface area (Å²) < 4.78 is 27.0. The van der Waals surface area contributed by atoms with Gasteiger partial charge in [-0.15, -0.1) is 0 Å². The van der Waals surface area contributed by atoms with E-state index in [1.54, 1.807) is 24.5 Å². The van der Waals surface area contributed by atoms with Crippen LogP contribution in [0.25, 0.3) is 0 Å². The van der Waals surface area contributed by atoms with Gasteiger partial charge in [0.2, 0.25) is 10.0 Å². The average Bonchev–Trinajstić information content (AvgIpc) is 2.63. The molecule has 0 spiro atoms. The fourth-order valence-electron chi connectivity index (χ4n) is 2.80. The monoisotopic (exact) mass is 342 g/mol. The van der Waals surface area contributed by atoms with Crippen molar-refractivity contribution in [3.05, 3.63) is 59.9 Å². The highest BCUT2D eigenvalue weighted by atomic mass is 32.2. The van der Waals surface area contributed by atoms with Crippen LogP contribution in [0.4, 0.5) is 0 Å². The number of sulfonamides is 1. The number of piperazine rings is 1. The van der Waals surface area contributed by atoms with Gasteiger partial charge in [-0.05, 0) is 29.8 Å². The number of nitrogens with zero attached hydrogens (tertiary/aromatic N) is 4. The van der Waals surface area contributed by atoms with Crippen molar-refractivity contribution in [3.8, 4) is 6.07 Å². The number of aromatic nitrogens is 1. The van der Waals surface area contributed by atoms with Gasteiger partial charge in [-0.3, -0.25) is 9.88 Å². The molecule has 6 nitrogen and oxygen atoms in total. The van der Waals surface area contributed by atoms with E-state index >= 15 is 0 Å². The molecule has 3 rings (SSSR count). The van der Waals surface area contributed by atoms with Crippen LogP contribution in [0.2, 0.25) is 0 Å². The number of hydrogen-bond acceptors (Lipinski definition) is 5. The van der Waals surface area contributed by atoms with E-state index in [4.69, 9.17) is 5.26 Å². The van der Waals surface area contributed by atoms with Gasteiger partial charge < -0.3 is 0 Å². The van der Waals surface area contributed by atoms with Crippen molar-refractivity contribution < 1.29 is 8.42 Å². The minimum Gasteiger partial charge on any atom is -0.296 e. The summed E-state index contributed by atoms with van der Waals surface area (Å²) in [5, 5.41) is 9.14. The van der Waals surface area contributed by atoms with E-state index in [0.717, 1.165) is 12.1 Å². The predicted octanol–water partition coefficient (Wildman–Crippen LogP) is 1.46. The van der Waals surface area contributed by atoms with Gasteiger partial charge in [-0.25, -0.2) is 8.42 Å². The fourth-order valence-corrected chi connectivity index (χ4v) is 4.36. The maximum absolute atomic E-state index is 12.8. The van der Waals surface area contributed by atoms with Gasteiger partial charge in [-0.2, -0.15) is 9.57 Å². The van der Waals surface area contributed by atoms with Crippen LogP contribution in [0.1, 0.15) is 11.1 Å². The third kappa shape index (κ3) is 3.46. The molecule has 0 radical (unpaired) electrons. The van der Waals surface area contributed by atoms with Crippen LogP contribution in [-0.2, 0) is 16.6 Å². The Labute approximate surface area is 142 Å². The smallest absolute Gasteiger partial charge is 0.244 e. The first-order valence-corrected chi connectivity index (χ1v) is 9.16. The lowest BCUT2D eigenvalue weighted by Crippen LogP contribution is -2.48. The standard InChI is InChI=1S/C17H18N4O2S/c18-13-16-3-1-2-4-17(16)24(22,23)21-11-9-20(10-12-21)14-15-5-7-19-8-6-15/h1-8H,9-12,14H2. The average molecular weight is 342 g/mol. The summed E-state index contributed by atoms with van der Waals surface area (Å²) in [7, 11) is -3.63. The van der Waals surface area contributed by atoms with Gasteiger partial charge in [0.15, 0.2) is 0 Å². The lowest BCUT2D eigenvalue weighted by molar-refractivity contribution is 0.181. The van der Waals surface area contributed by atoms with E-state index in [9.17, 15) is 8.42 Å². The first-order valence-electron chi connectivity index (χ1n) is 7.72. The summed E-state index contributed by atoms with van der Waals surface area (Å²) >= 11 is 0. The van der Waals surface area contributed by atoms with Crippen molar-refractivity contribution in [1.82, 2.24) is 14.2 Å². The topological polar surface area (TPSA) is 77.3 Å². The summed E-state index contributed by atoms with van der Waals surface area (Å²) in [4.78, 5) is 6.31. The maximum Gasteiger partial charge on any atom is 0.244 e. The molecule has 0 unspecified atom stereocenters. The molecule has 0 bridgehead atoms. The number of benzene rings is 1. The second kappa shape index (κ2) is 7.09. The minimum absolute atomic E-state index is 0.0927. The summed E-state index contributed by atoms with van der Waals surface area (Å²) in [6, 6.07) is 12.2. The van der Waals surface area contributed by atoms with Crippen LogP contribution in [-0.4, -0.2) is 48.8 Å². The molecular formula is C17H18N4O2S. The van der Waals surface area contributed by atoms with Crippen LogP contribution in [0.3, 0.4) is 0 Å². The lowest BCUT2D eigenvalue weighted by atomic mass is 10.2. The van der Waals surface area contributed by atoms with E-state index in [1.165, 1.54) is 16.4 Å². The second-order valence-electron chi connectivity index (χ2n) is 5.64. The molecule has 2 heterocycles. The first-order chi connectivity index (χ1) is 11.6. The Hall–Kier alpha value is -2.27. The number of pyridine rings is 1. The molecule has 124 valence electrons. The molecule has 1 aromatic carbocycles. The van der Waals surface area contributed by atoms with Crippen molar-refractivity contribution in [3.63, 3.8) is 0 Å². The van der Waals surface area contributed by atoms with Crippen molar-refractivity contribution in [2.24, 2.45) is 0 Å². The van der Waals surface area contributed by atoms with Crippen molar-refractivity contribution in [2.75, 3.05) is 26.2 Å². The molecule has 1 aromatic heterocycles. The third-order valence-corrected chi connectivity index (χ3v) is 6.07. The summed E-state index contributed by atoms with van der Waals surface area (Å²) in [5.41, 5.74) is 1.35. The molecule has 1 fully saturated rings. The van der Waals surface area contributed by atoms with Gasteiger partial charge in [0.25, 0.3) is 0 Å². The molecule has 7 heteroatoms. The first kappa shape index (κ1) is 16.6. The van der Waals surface area contributed by atoms with Crippen molar-refractivity contribution >= 4 is 10.0 Å². The molecule has 0 aliphatic carbocycles. The van der Waals surface area contributed by atoms with E-state index in [-0.39, 0.29) is 10.5 Å². The molecule has 1 aliphatic rings. The zero-order chi connectivity index (χ0) is 17.0. The zero-order valence-corrected chi connectivity index (χ0v) is 14.0. The highest BCUT2D eigenvalue weighted by Crippen LogP contribution is 2.21. The molecule has 1 aliphatic heterocycles. The Bertz CT molecular complexity index is 838. The van der Waals surface area contributed by atoms with Gasteiger partial charge in [0.05, 0.1) is 10.5 Å². The Kier molecular flexibility index (Phi) is 4.90. The Balaban J connectivity index is 1.69. The van der Waals surface area contributed by atoms with Gasteiger partial charge in [0.1, 0.15) is 6.07 Å². The van der Waals surface area contributed by atoms with Crippen LogP contribution < -0.4 is 0 Å². The van der Waals surface area contributed by atoms with E-state index < -0.39 is 10.0 Å². The number of nitriles is 1. The molecule has 1 saturated heterocycles. The number of hydrogen-bond donors (Lipinski definition) is 0. The fraction of sp³-hybridized carbons (Fsp3) is 0.294. The minimum atomic E-state index is -3.63. The molecule has 0 amide bonds. The lowest BCUT2D eigenvalue weighted by Gasteiger charge is -2.34. The summed E-state index contributed by atoms with van der Waals surface area (Å²) in [6.07, 6.45) is 3.52. The van der Waals surface area contributed by atoms with Crippen molar-refractivity contribution in [1.29, 1.82) is 5.26 Å². The number of rotatable bonds is 4. The third-order valence-electron chi connectivity index (χ3n) is 4.11. The van der Waals surface area contributed by atoms with Gasteiger partial charge in [0, 0.05) is 45.1 Å². The van der Waals surface area contributed by atoms with Crippen LogP contribution in [0.5, 0.6) is 0 Å². The molecule has 0 atom stereocenters. The van der Waals surface area contributed by atoms with E-state index in [0.29, 0.717) is 26.2 Å². The molecular weight excluding hydrogens is 324 g/mol. The summed E-state index contributed by atoms with van der Waals surface area (Å²) in [5.74, 6) is 0. The Morgan fingerprint density at radius 1 is 1.04 bits per heavy atom. The van der Waals surface area contributed by atoms with Gasteiger partial charge in [-0.1, -0.05) is 12.1 Å². The predicted molar refractivity (Wildman–Crippen MR) is 89.4 cm³/mol. The van der Waals surface area contributed by atoms with E-state index in [2.05, 4.69) is 9.88 Å². The largest absolute Gasteiger partial charge is 0.296 e. The molecule has 2 aromatic rings. The summed E-state index contributed by atoms with van der Waals surface area (Å²) in [6.45, 7) is 2.96. The molecule has 0 N–H and O–H groups in total. The second-order valence-corrected chi connectivity index (χ2v) is 7.55. The normalized spacial score (nSPS) is 16.6. The maximum atomic E-state index is 12.8. The van der Waals surface area contributed by atoms with Crippen LogP contribution in [0, 0.1) is 11.3 Å².